The smallest absolute Gasteiger partial charge is 0.323 e. The molecule has 2 aromatic carbocycles. The number of carboxylic acids is 1. The Hall–Kier alpha value is -3.48. The van der Waals surface area contributed by atoms with E-state index in [1.54, 1.807) is 42.5 Å². The number of carbonyl (C=O) groups excluding carboxylic acids is 3. The minimum Gasteiger partial charge on any atom is -0.480 e. The van der Waals surface area contributed by atoms with Crippen LogP contribution in [0.3, 0.4) is 0 Å². The number of hydrogen-bond acceptors (Lipinski definition) is 4. The summed E-state index contributed by atoms with van der Waals surface area (Å²) in [6.45, 7) is -1.08. The molecule has 0 unspecified atom stereocenters. The normalized spacial score (nSPS) is 12.9. The molecule has 1 heterocycles. The van der Waals surface area contributed by atoms with E-state index in [1.807, 2.05) is 0 Å². The quantitative estimate of drug-likeness (QED) is 0.832. The molecule has 0 fully saturated rings. The molecule has 0 aliphatic carbocycles. The van der Waals surface area contributed by atoms with Crippen molar-refractivity contribution in [2.24, 2.45) is 0 Å². The summed E-state index contributed by atoms with van der Waals surface area (Å²) in [5, 5.41) is 9.06. The third-order valence-corrected chi connectivity index (χ3v) is 3.83. The highest BCUT2D eigenvalue weighted by molar-refractivity contribution is 6.22. The van der Waals surface area contributed by atoms with Crippen molar-refractivity contribution in [1.29, 1.82) is 0 Å². The highest BCUT2D eigenvalue weighted by Gasteiger charge is 2.37. The van der Waals surface area contributed by atoms with Gasteiger partial charge in [0.25, 0.3) is 11.8 Å². The Morgan fingerprint density at radius 2 is 1.40 bits per heavy atom. The van der Waals surface area contributed by atoms with Crippen LogP contribution in [0.25, 0.3) is 0 Å². The number of carboxylic acid groups (broad SMARTS) is 1. The number of carbonyl (C=O) groups is 4. The maximum absolute atomic E-state index is 12.6. The molecule has 0 atom stereocenters. The molecule has 1 aliphatic rings. The Bertz CT molecular complexity index is 828. The molecule has 0 spiro atoms. The number of anilines is 1. The van der Waals surface area contributed by atoms with Crippen LogP contribution in [0.2, 0.25) is 0 Å². The van der Waals surface area contributed by atoms with E-state index in [4.69, 9.17) is 5.11 Å². The Morgan fingerprint density at radius 3 is 1.92 bits per heavy atom. The van der Waals surface area contributed by atoms with Gasteiger partial charge in [-0.05, 0) is 24.3 Å². The molecule has 3 amide bonds. The Kier molecular flexibility index (Phi) is 4.30. The standard InChI is InChI=1S/C18H14N2O5/c21-15(19(11-16(22)23)12-6-2-1-3-7-12)10-20-17(24)13-8-4-5-9-14(13)18(20)25/h1-9H,10-11H2,(H,22,23). The van der Waals surface area contributed by atoms with E-state index in [0.29, 0.717) is 5.69 Å². The van der Waals surface area contributed by atoms with Gasteiger partial charge in [0.15, 0.2) is 0 Å². The Labute approximate surface area is 143 Å². The lowest BCUT2D eigenvalue weighted by Crippen LogP contribution is -2.44. The Morgan fingerprint density at radius 1 is 0.880 bits per heavy atom. The number of aliphatic carboxylic acids is 1. The van der Waals surface area contributed by atoms with E-state index < -0.39 is 36.8 Å². The monoisotopic (exact) mass is 338 g/mol. The van der Waals surface area contributed by atoms with Crippen LogP contribution in [-0.4, -0.2) is 46.8 Å². The van der Waals surface area contributed by atoms with Crippen LogP contribution in [0.5, 0.6) is 0 Å². The first kappa shape index (κ1) is 16.4. The first-order chi connectivity index (χ1) is 12.0. The van der Waals surface area contributed by atoms with Gasteiger partial charge >= 0.3 is 5.97 Å². The molecule has 0 saturated carbocycles. The van der Waals surface area contributed by atoms with E-state index in [2.05, 4.69) is 0 Å². The minimum atomic E-state index is -1.19. The molecular formula is C18H14N2O5. The summed E-state index contributed by atoms with van der Waals surface area (Å²) in [6.07, 6.45) is 0. The predicted octanol–water partition coefficient (Wildman–Crippen LogP) is 1.40. The van der Waals surface area contributed by atoms with Gasteiger partial charge in [0.1, 0.15) is 13.1 Å². The van der Waals surface area contributed by atoms with E-state index in [0.717, 1.165) is 9.80 Å². The molecule has 126 valence electrons. The maximum Gasteiger partial charge on any atom is 0.323 e. The number of benzene rings is 2. The SMILES string of the molecule is O=C(O)CN(C(=O)CN1C(=O)c2ccccc2C1=O)c1ccccc1. The maximum atomic E-state index is 12.6. The van der Waals surface area contributed by atoms with Crippen molar-refractivity contribution in [2.75, 3.05) is 18.0 Å². The van der Waals surface area contributed by atoms with Crippen LogP contribution < -0.4 is 4.90 Å². The van der Waals surface area contributed by atoms with Crippen LogP contribution in [0.1, 0.15) is 20.7 Å². The fourth-order valence-electron chi connectivity index (χ4n) is 2.67. The van der Waals surface area contributed by atoms with Gasteiger partial charge in [-0.2, -0.15) is 0 Å². The van der Waals surface area contributed by atoms with Gasteiger partial charge < -0.3 is 5.11 Å². The van der Waals surface area contributed by atoms with E-state index >= 15 is 0 Å². The summed E-state index contributed by atoms with van der Waals surface area (Å²) in [5.74, 6) is -2.96. The number of rotatable bonds is 5. The summed E-state index contributed by atoms with van der Waals surface area (Å²) in [6, 6.07) is 14.5. The minimum absolute atomic E-state index is 0.241. The molecule has 3 rings (SSSR count). The molecule has 2 aromatic rings. The molecule has 25 heavy (non-hydrogen) atoms. The zero-order valence-electron chi connectivity index (χ0n) is 13.1. The fraction of sp³-hybridized carbons (Fsp3) is 0.111. The van der Waals surface area contributed by atoms with Gasteiger partial charge in [-0.25, -0.2) is 0 Å². The summed E-state index contributed by atoms with van der Waals surface area (Å²) < 4.78 is 0. The van der Waals surface area contributed by atoms with Crippen molar-refractivity contribution in [3.05, 3.63) is 65.7 Å². The van der Waals surface area contributed by atoms with Gasteiger partial charge in [-0.15, -0.1) is 0 Å². The van der Waals surface area contributed by atoms with E-state index in [-0.39, 0.29) is 11.1 Å². The van der Waals surface area contributed by atoms with Gasteiger partial charge in [-0.3, -0.25) is 29.0 Å². The molecule has 1 N–H and O–H groups in total. The lowest BCUT2D eigenvalue weighted by atomic mass is 10.1. The zero-order valence-corrected chi connectivity index (χ0v) is 13.1. The third-order valence-electron chi connectivity index (χ3n) is 3.83. The average molecular weight is 338 g/mol. The summed E-state index contributed by atoms with van der Waals surface area (Å²) in [5.41, 5.74) is 0.862. The first-order valence-corrected chi connectivity index (χ1v) is 7.51. The topological polar surface area (TPSA) is 95.0 Å². The van der Waals surface area contributed by atoms with Crippen molar-refractivity contribution < 1.29 is 24.3 Å². The second-order valence-electron chi connectivity index (χ2n) is 5.45. The van der Waals surface area contributed by atoms with Gasteiger partial charge in [-0.1, -0.05) is 30.3 Å². The molecule has 0 aromatic heterocycles. The molecular weight excluding hydrogens is 324 g/mol. The van der Waals surface area contributed by atoms with Gasteiger partial charge in [0.2, 0.25) is 5.91 Å². The number of hydrogen-bond donors (Lipinski definition) is 1. The first-order valence-electron chi connectivity index (χ1n) is 7.51. The van der Waals surface area contributed by atoms with Crippen LogP contribution in [0.15, 0.2) is 54.6 Å². The Balaban J connectivity index is 1.84. The second kappa shape index (κ2) is 6.56. The van der Waals surface area contributed by atoms with Crippen molar-refractivity contribution in [3.63, 3.8) is 0 Å². The highest BCUT2D eigenvalue weighted by atomic mass is 16.4. The van der Waals surface area contributed by atoms with Crippen molar-refractivity contribution in [1.82, 2.24) is 4.90 Å². The zero-order chi connectivity index (χ0) is 18.0. The second-order valence-corrected chi connectivity index (χ2v) is 5.45. The van der Waals surface area contributed by atoms with Crippen LogP contribution in [0, 0.1) is 0 Å². The van der Waals surface area contributed by atoms with Crippen molar-refractivity contribution in [3.8, 4) is 0 Å². The van der Waals surface area contributed by atoms with E-state index in [1.165, 1.54) is 12.1 Å². The van der Waals surface area contributed by atoms with Gasteiger partial charge in [0, 0.05) is 5.69 Å². The molecule has 0 bridgehead atoms. The summed E-state index contributed by atoms with van der Waals surface area (Å²) >= 11 is 0. The number of amides is 3. The molecule has 1 aliphatic heterocycles. The lowest BCUT2D eigenvalue weighted by Gasteiger charge is -2.23. The van der Waals surface area contributed by atoms with Crippen LogP contribution >= 0.6 is 0 Å². The van der Waals surface area contributed by atoms with E-state index in [9.17, 15) is 19.2 Å². The summed E-state index contributed by atoms with van der Waals surface area (Å²) in [4.78, 5) is 50.2. The lowest BCUT2D eigenvalue weighted by molar-refractivity contribution is -0.136. The van der Waals surface area contributed by atoms with Crippen molar-refractivity contribution >= 4 is 29.4 Å². The van der Waals surface area contributed by atoms with Crippen LogP contribution in [-0.2, 0) is 9.59 Å². The van der Waals surface area contributed by atoms with Crippen molar-refractivity contribution in [2.45, 2.75) is 0 Å². The average Bonchev–Trinajstić information content (AvgIpc) is 2.85. The largest absolute Gasteiger partial charge is 0.480 e. The van der Waals surface area contributed by atoms with Crippen LogP contribution in [0.4, 0.5) is 5.69 Å². The predicted molar refractivity (Wildman–Crippen MR) is 88.2 cm³/mol. The third kappa shape index (κ3) is 3.12. The number of imide groups is 1. The molecule has 0 saturated heterocycles. The summed E-state index contributed by atoms with van der Waals surface area (Å²) in [7, 11) is 0. The molecule has 0 radical (unpaired) electrons. The number of para-hydroxylation sites is 1. The number of nitrogens with zero attached hydrogens (tertiary/aromatic N) is 2. The number of fused-ring (bicyclic) bond motifs is 1. The fourth-order valence-corrected chi connectivity index (χ4v) is 2.67. The highest BCUT2D eigenvalue weighted by Crippen LogP contribution is 2.23. The molecule has 7 heteroatoms. The molecule has 7 nitrogen and oxygen atoms in total. The van der Waals surface area contributed by atoms with Gasteiger partial charge in [0.05, 0.1) is 11.1 Å².